The number of nitrogens with zero attached hydrogens (tertiary/aromatic N) is 2. The SMILES string of the molecule is COc1c(NC(=O)CNc2ccccc2)c(C)nn1C. The van der Waals surface area contributed by atoms with Gasteiger partial charge in [0.1, 0.15) is 5.69 Å². The van der Waals surface area contributed by atoms with Gasteiger partial charge in [-0.25, -0.2) is 4.68 Å². The Morgan fingerprint density at radius 2 is 2.05 bits per heavy atom. The number of rotatable bonds is 5. The first-order chi connectivity index (χ1) is 9.61. The van der Waals surface area contributed by atoms with Crippen LogP contribution in [0, 0.1) is 6.92 Å². The van der Waals surface area contributed by atoms with Crippen LogP contribution in [0.3, 0.4) is 0 Å². The Hall–Kier alpha value is -2.50. The third-order valence-corrected chi connectivity index (χ3v) is 2.85. The molecular formula is C14H18N4O2. The van der Waals surface area contributed by atoms with Crippen LogP contribution in [0.25, 0.3) is 0 Å². The highest BCUT2D eigenvalue weighted by molar-refractivity contribution is 5.95. The van der Waals surface area contributed by atoms with Gasteiger partial charge in [-0.2, -0.15) is 5.10 Å². The van der Waals surface area contributed by atoms with E-state index in [9.17, 15) is 4.79 Å². The second-order valence-corrected chi connectivity index (χ2v) is 4.36. The summed E-state index contributed by atoms with van der Waals surface area (Å²) in [5.74, 6) is 0.388. The number of methoxy groups -OCH3 is 1. The first kappa shape index (κ1) is 13.9. The van der Waals surface area contributed by atoms with E-state index < -0.39 is 0 Å². The zero-order valence-corrected chi connectivity index (χ0v) is 11.8. The van der Waals surface area contributed by atoms with Crippen molar-refractivity contribution in [3.8, 4) is 5.88 Å². The van der Waals surface area contributed by atoms with E-state index in [0.717, 1.165) is 11.4 Å². The molecule has 0 aliphatic rings. The van der Waals surface area contributed by atoms with Crippen LogP contribution in [0.15, 0.2) is 30.3 Å². The number of carbonyl (C=O) groups excluding carboxylic acids is 1. The maximum atomic E-state index is 11.9. The molecule has 0 unspecified atom stereocenters. The number of para-hydroxylation sites is 1. The molecule has 1 aromatic carbocycles. The van der Waals surface area contributed by atoms with Crippen LogP contribution in [-0.2, 0) is 11.8 Å². The van der Waals surface area contributed by atoms with E-state index in [2.05, 4.69) is 15.7 Å². The Balaban J connectivity index is 1.98. The van der Waals surface area contributed by atoms with Crippen LogP contribution in [0.4, 0.5) is 11.4 Å². The van der Waals surface area contributed by atoms with E-state index in [-0.39, 0.29) is 12.5 Å². The lowest BCUT2D eigenvalue weighted by molar-refractivity contribution is -0.114. The number of nitrogens with one attached hydrogen (secondary N) is 2. The van der Waals surface area contributed by atoms with E-state index in [4.69, 9.17) is 4.74 Å². The molecule has 2 N–H and O–H groups in total. The van der Waals surface area contributed by atoms with Gasteiger partial charge in [0.25, 0.3) is 0 Å². The summed E-state index contributed by atoms with van der Waals surface area (Å²) in [6, 6.07) is 9.56. The number of carbonyl (C=O) groups is 1. The second kappa shape index (κ2) is 6.10. The van der Waals surface area contributed by atoms with Gasteiger partial charge in [0.2, 0.25) is 11.8 Å². The molecule has 1 aromatic heterocycles. The quantitative estimate of drug-likeness (QED) is 0.872. The molecule has 20 heavy (non-hydrogen) atoms. The molecule has 1 amide bonds. The molecule has 0 bridgehead atoms. The van der Waals surface area contributed by atoms with Crippen LogP contribution in [0.1, 0.15) is 5.69 Å². The summed E-state index contributed by atoms with van der Waals surface area (Å²) in [4.78, 5) is 11.9. The van der Waals surface area contributed by atoms with Crippen molar-refractivity contribution in [1.29, 1.82) is 0 Å². The van der Waals surface area contributed by atoms with Crippen LogP contribution >= 0.6 is 0 Å². The molecule has 0 atom stereocenters. The number of hydrogen-bond acceptors (Lipinski definition) is 4. The van der Waals surface area contributed by atoms with Crippen molar-refractivity contribution in [1.82, 2.24) is 9.78 Å². The summed E-state index contributed by atoms with van der Waals surface area (Å²) in [6.07, 6.45) is 0. The molecule has 0 spiro atoms. The van der Waals surface area contributed by atoms with Crippen molar-refractivity contribution < 1.29 is 9.53 Å². The Morgan fingerprint density at radius 1 is 1.35 bits per heavy atom. The molecule has 0 saturated heterocycles. The molecule has 2 aromatic rings. The van der Waals surface area contributed by atoms with E-state index in [1.165, 1.54) is 0 Å². The summed E-state index contributed by atoms with van der Waals surface area (Å²) in [7, 11) is 3.32. The number of anilines is 2. The minimum atomic E-state index is -0.150. The van der Waals surface area contributed by atoms with Crippen molar-refractivity contribution >= 4 is 17.3 Å². The van der Waals surface area contributed by atoms with E-state index in [1.54, 1.807) is 18.8 Å². The Bertz CT molecular complexity index is 593. The van der Waals surface area contributed by atoms with Gasteiger partial charge in [0, 0.05) is 12.7 Å². The van der Waals surface area contributed by atoms with Crippen LogP contribution in [-0.4, -0.2) is 29.3 Å². The summed E-state index contributed by atoms with van der Waals surface area (Å²) < 4.78 is 6.82. The minimum absolute atomic E-state index is 0.150. The zero-order valence-electron chi connectivity index (χ0n) is 11.8. The van der Waals surface area contributed by atoms with E-state index in [0.29, 0.717) is 11.6 Å². The van der Waals surface area contributed by atoms with Gasteiger partial charge in [0.05, 0.1) is 19.3 Å². The van der Waals surface area contributed by atoms with Crippen molar-refractivity contribution in [2.24, 2.45) is 7.05 Å². The highest BCUT2D eigenvalue weighted by Gasteiger charge is 2.16. The average Bonchev–Trinajstić information content (AvgIpc) is 2.71. The number of amides is 1. The maximum absolute atomic E-state index is 11.9. The van der Waals surface area contributed by atoms with Gasteiger partial charge in [0.15, 0.2) is 0 Å². The molecule has 6 nitrogen and oxygen atoms in total. The predicted octanol–water partition coefficient (Wildman–Crippen LogP) is 1.79. The molecule has 2 rings (SSSR count). The number of aryl methyl sites for hydroxylation is 2. The van der Waals surface area contributed by atoms with Crippen molar-refractivity contribution in [3.63, 3.8) is 0 Å². The number of ether oxygens (including phenoxy) is 1. The zero-order chi connectivity index (χ0) is 14.5. The predicted molar refractivity (Wildman–Crippen MR) is 78.1 cm³/mol. The lowest BCUT2D eigenvalue weighted by atomic mass is 10.3. The van der Waals surface area contributed by atoms with Crippen LogP contribution in [0.5, 0.6) is 5.88 Å². The van der Waals surface area contributed by atoms with E-state index >= 15 is 0 Å². The summed E-state index contributed by atoms with van der Waals surface area (Å²) >= 11 is 0. The van der Waals surface area contributed by atoms with Crippen molar-refractivity contribution in [2.45, 2.75) is 6.92 Å². The minimum Gasteiger partial charge on any atom is -0.480 e. The van der Waals surface area contributed by atoms with Crippen molar-refractivity contribution in [3.05, 3.63) is 36.0 Å². The van der Waals surface area contributed by atoms with Gasteiger partial charge in [-0.1, -0.05) is 18.2 Å². The highest BCUT2D eigenvalue weighted by Crippen LogP contribution is 2.26. The molecule has 0 saturated carbocycles. The Labute approximate surface area is 117 Å². The fraction of sp³-hybridized carbons (Fsp3) is 0.286. The first-order valence-corrected chi connectivity index (χ1v) is 6.28. The normalized spacial score (nSPS) is 10.2. The standard InChI is InChI=1S/C14H18N4O2/c1-10-13(14(20-3)18(2)17-10)16-12(19)9-15-11-7-5-4-6-8-11/h4-8,15H,9H2,1-3H3,(H,16,19). The Kier molecular flexibility index (Phi) is 4.24. The van der Waals surface area contributed by atoms with Crippen molar-refractivity contribution in [2.75, 3.05) is 24.3 Å². The average molecular weight is 274 g/mol. The van der Waals surface area contributed by atoms with E-state index in [1.807, 2.05) is 37.3 Å². The van der Waals surface area contributed by atoms with Gasteiger partial charge in [-0.3, -0.25) is 4.79 Å². The van der Waals surface area contributed by atoms with Gasteiger partial charge >= 0.3 is 0 Å². The van der Waals surface area contributed by atoms with Gasteiger partial charge in [-0.05, 0) is 19.1 Å². The molecule has 0 fully saturated rings. The van der Waals surface area contributed by atoms with Gasteiger partial charge < -0.3 is 15.4 Å². The molecule has 0 aliphatic heterocycles. The highest BCUT2D eigenvalue weighted by atomic mass is 16.5. The monoisotopic (exact) mass is 274 g/mol. The third kappa shape index (κ3) is 3.09. The molecule has 0 aliphatic carbocycles. The molecular weight excluding hydrogens is 256 g/mol. The largest absolute Gasteiger partial charge is 0.480 e. The Morgan fingerprint density at radius 3 is 2.70 bits per heavy atom. The third-order valence-electron chi connectivity index (χ3n) is 2.85. The smallest absolute Gasteiger partial charge is 0.243 e. The number of hydrogen-bond donors (Lipinski definition) is 2. The summed E-state index contributed by atoms with van der Waals surface area (Å²) in [5, 5.41) is 10.1. The summed E-state index contributed by atoms with van der Waals surface area (Å²) in [5.41, 5.74) is 2.23. The van der Waals surface area contributed by atoms with Crippen LogP contribution < -0.4 is 15.4 Å². The lowest BCUT2D eigenvalue weighted by Crippen LogP contribution is -2.22. The summed E-state index contributed by atoms with van der Waals surface area (Å²) in [6.45, 7) is 2.00. The maximum Gasteiger partial charge on any atom is 0.243 e. The number of benzene rings is 1. The topological polar surface area (TPSA) is 68.2 Å². The van der Waals surface area contributed by atoms with Crippen LogP contribution in [0.2, 0.25) is 0 Å². The molecule has 0 radical (unpaired) electrons. The van der Waals surface area contributed by atoms with Gasteiger partial charge in [-0.15, -0.1) is 0 Å². The lowest BCUT2D eigenvalue weighted by Gasteiger charge is -2.08. The fourth-order valence-electron chi connectivity index (χ4n) is 1.94. The fourth-order valence-corrected chi connectivity index (χ4v) is 1.94. The molecule has 106 valence electrons. The number of aromatic nitrogens is 2. The molecule has 1 heterocycles. The molecule has 6 heteroatoms. The second-order valence-electron chi connectivity index (χ2n) is 4.36. The first-order valence-electron chi connectivity index (χ1n) is 6.28.